The Hall–Kier alpha value is -2.97. The topological polar surface area (TPSA) is 61.8 Å². The van der Waals surface area contributed by atoms with Gasteiger partial charge in [0, 0.05) is 29.9 Å². The zero-order valence-corrected chi connectivity index (χ0v) is 17.5. The highest BCUT2D eigenvalue weighted by Crippen LogP contribution is 2.34. The number of halogens is 4. The molecule has 0 aliphatic carbocycles. The minimum atomic E-state index is -4.41. The average Bonchev–Trinajstić information content (AvgIpc) is 3.21. The van der Waals surface area contributed by atoms with Gasteiger partial charge in [-0.05, 0) is 42.3 Å². The molecule has 0 spiro atoms. The maximum atomic E-state index is 12.7. The first kappa shape index (κ1) is 22.2. The van der Waals surface area contributed by atoms with Gasteiger partial charge in [0.05, 0.1) is 22.9 Å². The van der Waals surface area contributed by atoms with Crippen LogP contribution in [0.2, 0.25) is 5.02 Å². The molecule has 2 N–H and O–H groups in total. The van der Waals surface area contributed by atoms with Crippen LogP contribution in [0, 0.1) is 0 Å². The van der Waals surface area contributed by atoms with Gasteiger partial charge in [-0.1, -0.05) is 35.9 Å². The van der Waals surface area contributed by atoms with E-state index in [2.05, 4.69) is 5.32 Å². The molecule has 1 saturated heterocycles. The van der Waals surface area contributed by atoms with Crippen LogP contribution in [0.25, 0.3) is 11.1 Å². The number of hydrogen-bond donors (Lipinski definition) is 2. The summed E-state index contributed by atoms with van der Waals surface area (Å²) in [5, 5.41) is 12.9. The van der Waals surface area contributed by atoms with Gasteiger partial charge in [0.15, 0.2) is 0 Å². The number of aromatic carboxylic acids is 1. The summed E-state index contributed by atoms with van der Waals surface area (Å²) in [6.45, 7) is 0.990. The second kappa shape index (κ2) is 8.88. The van der Waals surface area contributed by atoms with E-state index >= 15 is 0 Å². The largest absolute Gasteiger partial charge is 0.478 e. The summed E-state index contributed by atoms with van der Waals surface area (Å²) >= 11 is 6.25. The van der Waals surface area contributed by atoms with Crippen LogP contribution in [0.1, 0.15) is 16.8 Å². The quantitative estimate of drug-likeness (QED) is 0.634. The Bertz CT molecular complexity index is 1080. The Kier molecular flexibility index (Phi) is 6.17. The molecule has 2 aliphatic heterocycles. The lowest BCUT2D eigenvalue weighted by Gasteiger charge is -2.25. The zero-order chi connectivity index (χ0) is 22.9. The van der Waals surface area contributed by atoms with Crippen molar-refractivity contribution < 1.29 is 27.8 Å². The molecule has 4 rings (SSSR count). The van der Waals surface area contributed by atoms with Crippen molar-refractivity contribution in [1.29, 1.82) is 0 Å². The van der Waals surface area contributed by atoms with Gasteiger partial charge in [-0.2, -0.15) is 13.2 Å². The molecule has 1 fully saturated rings. The van der Waals surface area contributed by atoms with Crippen LogP contribution in [-0.4, -0.2) is 42.7 Å². The molecule has 0 radical (unpaired) electrons. The van der Waals surface area contributed by atoms with Crippen LogP contribution >= 0.6 is 11.6 Å². The predicted octanol–water partition coefficient (Wildman–Crippen LogP) is 5.23. The molecule has 9 heteroatoms. The van der Waals surface area contributed by atoms with E-state index in [4.69, 9.17) is 16.3 Å². The summed E-state index contributed by atoms with van der Waals surface area (Å²) in [5.41, 5.74) is 1.39. The SMILES string of the molecule is O=C(O)c1cc(-c2ccccc2Cl)ccc1N1CC[C@H](OC2C=CC(C(F)(F)F)=CN2)C1. The van der Waals surface area contributed by atoms with Crippen LogP contribution in [0.3, 0.4) is 0 Å². The fourth-order valence-electron chi connectivity index (χ4n) is 3.84. The van der Waals surface area contributed by atoms with Gasteiger partial charge in [-0.25, -0.2) is 4.79 Å². The number of allylic oxidation sites excluding steroid dienone is 2. The van der Waals surface area contributed by atoms with Crippen molar-refractivity contribution in [3.8, 4) is 11.1 Å². The molecule has 2 heterocycles. The molecule has 1 unspecified atom stereocenters. The molecule has 0 saturated carbocycles. The highest BCUT2D eigenvalue weighted by Gasteiger charge is 2.34. The first-order valence-electron chi connectivity index (χ1n) is 9.96. The highest BCUT2D eigenvalue weighted by atomic mass is 35.5. The van der Waals surface area contributed by atoms with E-state index in [9.17, 15) is 23.1 Å². The number of nitrogens with one attached hydrogen (secondary N) is 1. The van der Waals surface area contributed by atoms with Crippen molar-refractivity contribution in [1.82, 2.24) is 5.32 Å². The van der Waals surface area contributed by atoms with Crippen molar-refractivity contribution in [3.05, 3.63) is 77.0 Å². The average molecular weight is 465 g/mol. The molecule has 0 aromatic heterocycles. The van der Waals surface area contributed by atoms with Crippen LogP contribution < -0.4 is 10.2 Å². The molecule has 2 aliphatic rings. The van der Waals surface area contributed by atoms with Crippen molar-refractivity contribution >= 4 is 23.3 Å². The number of carboxylic acid groups (broad SMARTS) is 1. The van der Waals surface area contributed by atoms with E-state index in [0.29, 0.717) is 35.8 Å². The Morgan fingerprint density at radius 1 is 1.22 bits per heavy atom. The third kappa shape index (κ3) is 4.76. The second-order valence-electron chi connectivity index (χ2n) is 7.55. The molecule has 0 amide bonds. The molecule has 32 heavy (non-hydrogen) atoms. The molecular weight excluding hydrogens is 445 g/mol. The number of anilines is 1. The van der Waals surface area contributed by atoms with E-state index in [1.54, 1.807) is 24.3 Å². The predicted molar refractivity (Wildman–Crippen MR) is 116 cm³/mol. The Balaban J connectivity index is 1.46. The minimum absolute atomic E-state index is 0.150. The number of nitrogens with zero attached hydrogens (tertiary/aromatic N) is 1. The maximum Gasteiger partial charge on any atom is 0.417 e. The number of rotatable bonds is 5. The number of carboxylic acids is 1. The molecule has 168 valence electrons. The summed E-state index contributed by atoms with van der Waals surface area (Å²) in [5.74, 6) is -1.06. The molecular formula is C23H20ClF3N2O3. The normalized spacial score (nSPS) is 20.8. The first-order valence-corrected chi connectivity index (χ1v) is 10.3. The van der Waals surface area contributed by atoms with Crippen LogP contribution in [0.4, 0.5) is 18.9 Å². The summed E-state index contributed by atoms with van der Waals surface area (Å²) in [6, 6.07) is 12.4. The van der Waals surface area contributed by atoms with Gasteiger partial charge in [0.1, 0.15) is 6.23 Å². The van der Waals surface area contributed by atoms with Gasteiger partial charge >= 0.3 is 12.1 Å². The van der Waals surface area contributed by atoms with Crippen molar-refractivity contribution in [2.24, 2.45) is 0 Å². The smallest absolute Gasteiger partial charge is 0.417 e. The summed E-state index contributed by atoms with van der Waals surface area (Å²) in [7, 11) is 0. The number of alkyl halides is 3. The van der Waals surface area contributed by atoms with Crippen LogP contribution in [0.5, 0.6) is 0 Å². The summed E-state index contributed by atoms with van der Waals surface area (Å²) in [6.07, 6.45) is -1.52. The lowest BCUT2D eigenvalue weighted by Crippen LogP contribution is -2.35. The van der Waals surface area contributed by atoms with Crippen molar-refractivity contribution in [2.45, 2.75) is 24.9 Å². The molecule has 5 nitrogen and oxygen atoms in total. The number of dihydropyridines is 1. The number of carbonyl (C=O) groups is 1. The molecule has 2 aromatic rings. The zero-order valence-electron chi connectivity index (χ0n) is 16.8. The standard InChI is InChI=1S/C23H20ClF3N2O3/c24-19-4-2-1-3-17(19)14-5-7-20(18(11-14)22(30)31)29-10-9-16(13-29)32-21-8-6-15(12-28-21)23(25,26)27/h1-8,11-12,16,21,28H,9-10,13H2,(H,30,31)/t16-,21?/m0/s1. The first-order chi connectivity index (χ1) is 15.2. The maximum absolute atomic E-state index is 12.7. The van der Waals surface area contributed by atoms with Gasteiger partial charge in [-0.3, -0.25) is 0 Å². The van der Waals surface area contributed by atoms with E-state index in [1.165, 1.54) is 6.08 Å². The lowest BCUT2D eigenvalue weighted by atomic mass is 10.0. The fourth-order valence-corrected chi connectivity index (χ4v) is 4.08. The monoisotopic (exact) mass is 464 g/mol. The van der Waals surface area contributed by atoms with E-state index in [0.717, 1.165) is 17.8 Å². The van der Waals surface area contributed by atoms with E-state index < -0.39 is 23.9 Å². The second-order valence-corrected chi connectivity index (χ2v) is 7.96. The van der Waals surface area contributed by atoms with Crippen molar-refractivity contribution in [3.63, 3.8) is 0 Å². The number of benzene rings is 2. The Morgan fingerprint density at radius 3 is 2.66 bits per heavy atom. The van der Waals surface area contributed by atoms with Crippen LogP contribution in [0.15, 0.2) is 66.4 Å². The number of ether oxygens (including phenoxy) is 1. The van der Waals surface area contributed by atoms with Crippen molar-refractivity contribution in [2.75, 3.05) is 18.0 Å². The van der Waals surface area contributed by atoms with E-state index in [1.807, 2.05) is 23.1 Å². The third-order valence-corrected chi connectivity index (χ3v) is 5.75. The minimum Gasteiger partial charge on any atom is -0.478 e. The lowest BCUT2D eigenvalue weighted by molar-refractivity contribution is -0.0896. The van der Waals surface area contributed by atoms with Crippen LogP contribution in [-0.2, 0) is 4.74 Å². The van der Waals surface area contributed by atoms with Gasteiger partial charge < -0.3 is 20.1 Å². The summed E-state index contributed by atoms with van der Waals surface area (Å²) in [4.78, 5) is 13.9. The Labute approximate surface area is 187 Å². The molecule has 2 aromatic carbocycles. The fraction of sp³-hybridized carbons (Fsp3) is 0.261. The molecule has 2 atom stereocenters. The highest BCUT2D eigenvalue weighted by molar-refractivity contribution is 6.33. The van der Waals surface area contributed by atoms with Gasteiger partial charge in [-0.15, -0.1) is 0 Å². The summed E-state index contributed by atoms with van der Waals surface area (Å²) < 4.78 is 44.0. The molecule has 0 bridgehead atoms. The van der Waals surface area contributed by atoms with E-state index in [-0.39, 0.29) is 11.7 Å². The van der Waals surface area contributed by atoms with Gasteiger partial charge in [0.25, 0.3) is 0 Å². The third-order valence-electron chi connectivity index (χ3n) is 5.42. The van der Waals surface area contributed by atoms with Gasteiger partial charge in [0.2, 0.25) is 0 Å². The number of hydrogen-bond acceptors (Lipinski definition) is 4. The Morgan fingerprint density at radius 2 is 2.00 bits per heavy atom.